The van der Waals surface area contributed by atoms with E-state index in [1.807, 2.05) is 19.9 Å². The predicted molar refractivity (Wildman–Crippen MR) is 113 cm³/mol. The second-order valence-corrected chi connectivity index (χ2v) is 8.16. The molecule has 0 amide bonds. The van der Waals surface area contributed by atoms with Gasteiger partial charge in [0.05, 0.1) is 19.3 Å². The fourth-order valence-corrected chi connectivity index (χ4v) is 4.44. The molecule has 6 nitrogen and oxygen atoms in total. The maximum atomic E-state index is 13.5. The number of rotatable bonds is 5. The van der Waals surface area contributed by atoms with Gasteiger partial charge in [-0.1, -0.05) is 37.6 Å². The maximum Gasteiger partial charge on any atom is 0.336 e. The highest BCUT2D eigenvalue weighted by atomic mass is 35.5. The first-order valence-electron chi connectivity index (χ1n) is 10.1. The van der Waals surface area contributed by atoms with E-state index in [-0.39, 0.29) is 18.3 Å². The Morgan fingerprint density at radius 1 is 1.30 bits per heavy atom. The van der Waals surface area contributed by atoms with Crippen molar-refractivity contribution in [3.63, 3.8) is 0 Å². The van der Waals surface area contributed by atoms with Gasteiger partial charge in [-0.05, 0) is 43.4 Å². The number of dihydropyridines is 1. The maximum absolute atomic E-state index is 13.5. The molecule has 3 unspecified atom stereocenters. The summed E-state index contributed by atoms with van der Waals surface area (Å²) in [6.45, 7) is 5.84. The van der Waals surface area contributed by atoms with Crippen molar-refractivity contribution in [3.8, 4) is 0 Å². The van der Waals surface area contributed by atoms with Gasteiger partial charge >= 0.3 is 11.9 Å². The Kier molecular flexibility index (Phi) is 6.66. The van der Waals surface area contributed by atoms with Crippen LogP contribution in [0.2, 0.25) is 5.02 Å². The largest absolute Gasteiger partial charge is 0.468 e. The predicted octanol–water partition coefficient (Wildman–Crippen LogP) is 3.91. The number of carbonyl (C=O) groups excluding carboxylic acids is 3. The van der Waals surface area contributed by atoms with Gasteiger partial charge in [0.1, 0.15) is 5.92 Å². The molecule has 0 bridgehead atoms. The number of allylic oxidation sites excluding steroid dienone is 3. The number of hydrogen-bond acceptors (Lipinski definition) is 6. The molecule has 7 heteroatoms. The van der Waals surface area contributed by atoms with Crippen LogP contribution in [0.4, 0.5) is 0 Å². The fourth-order valence-electron chi connectivity index (χ4n) is 4.24. The molecule has 1 N–H and O–H groups in total. The third kappa shape index (κ3) is 4.01. The molecule has 0 saturated carbocycles. The lowest BCUT2D eigenvalue weighted by Gasteiger charge is -2.38. The molecule has 3 rings (SSSR count). The number of nitrogens with one attached hydrogen (secondary N) is 1. The van der Waals surface area contributed by atoms with Crippen LogP contribution in [0.3, 0.4) is 0 Å². The van der Waals surface area contributed by atoms with Gasteiger partial charge < -0.3 is 14.8 Å². The minimum Gasteiger partial charge on any atom is -0.468 e. The van der Waals surface area contributed by atoms with E-state index >= 15 is 0 Å². The topological polar surface area (TPSA) is 81.7 Å². The zero-order valence-electron chi connectivity index (χ0n) is 17.6. The molecule has 0 radical (unpaired) electrons. The number of methoxy groups -OCH3 is 1. The lowest BCUT2D eigenvalue weighted by Crippen LogP contribution is -2.43. The summed E-state index contributed by atoms with van der Waals surface area (Å²) in [7, 11) is 1.28. The minimum absolute atomic E-state index is 0.224. The molecule has 160 valence electrons. The lowest BCUT2D eigenvalue weighted by atomic mass is 9.69. The Bertz CT molecular complexity index is 949. The SMILES string of the molecule is CCCOC(=O)C1=C(C)NC2=C(C(=O)C(C(=O)OC)C(C)C2)C1c1cccc(Cl)c1. The van der Waals surface area contributed by atoms with E-state index in [1.54, 1.807) is 25.1 Å². The van der Waals surface area contributed by atoms with Gasteiger partial charge in [-0.2, -0.15) is 0 Å². The highest BCUT2D eigenvalue weighted by Gasteiger charge is 2.47. The van der Waals surface area contributed by atoms with Crippen LogP contribution in [0.15, 0.2) is 46.8 Å². The molecular formula is C23H26ClNO5. The van der Waals surface area contributed by atoms with Gasteiger partial charge in [0.25, 0.3) is 0 Å². The van der Waals surface area contributed by atoms with Crippen molar-refractivity contribution in [1.82, 2.24) is 5.32 Å². The van der Waals surface area contributed by atoms with Gasteiger partial charge in [0.2, 0.25) is 0 Å². The van der Waals surface area contributed by atoms with Crippen molar-refractivity contribution in [1.29, 1.82) is 0 Å². The average molecular weight is 432 g/mol. The fraction of sp³-hybridized carbons (Fsp3) is 0.435. The van der Waals surface area contributed by atoms with Crippen molar-refractivity contribution < 1.29 is 23.9 Å². The van der Waals surface area contributed by atoms with Crippen molar-refractivity contribution >= 4 is 29.3 Å². The highest BCUT2D eigenvalue weighted by Crippen LogP contribution is 2.45. The Morgan fingerprint density at radius 2 is 2.03 bits per heavy atom. The molecule has 30 heavy (non-hydrogen) atoms. The van der Waals surface area contributed by atoms with E-state index in [0.717, 1.165) is 5.70 Å². The number of esters is 2. The van der Waals surface area contributed by atoms with Crippen LogP contribution in [-0.2, 0) is 23.9 Å². The first-order valence-corrected chi connectivity index (χ1v) is 10.4. The standard InChI is InChI=1S/C23H26ClNO5/c1-5-9-30-23(28)18-13(3)25-16-10-12(2)17(22(27)29-4)21(26)20(16)19(18)14-7-6-8-15(24)11-14/h6-8,11-12,17,19,25H,5,9-10H2,1-4H3. The molecule has 1 heterocycles. The molecule has 3 atom stereocenters. The Hall–Kier alpha value is -2.60. The summed E-state index contributed by atoms with van der Waals surface area (Å²) >= 11 is 6.22. The summed E-state index contributed by atoms with van der Waals surface area (Å²) < 4.78 is 10.3. The van der Waals surface area contributed by atoms with Crippen molar-refractivity contribution in [2.24, 2.45) is 11.8 Å². The number of ether oxygens (including phenoxy) is 2. The molecular weight excluding hydrogens is 406 g/mol. The molecule has 2 aliphatic rings. The molecule has 0 aromatic heterocycles. The lowest BCUT2D eigenvalue weighted by molar-refractivity contribution is -0.151. The zero-order valence-corrected chi connectivity index (χ0v) is 18.3. The van der Waals surface area contributed by atoms with E-state index < -0.39 is 23.8 Å². The Labute approximate surface area is 181 Å². The van der Waals surface area contributed by atoms with Crippen molar-refractivity contribution in [2.75, 3.05) is 13.7 Å². The normalized spacial score (nSPS) is 23.6. The third-order valence-electron chi connectivity index (χ3n) is 5.58. The smallest absolute Gasteiger partial charge is 0.336 e. The summed E-state index contributed by atoms with van der Waals surface area (Å²) in [6.07, 6.45) is 1.18. The first-order chi connectivity index (χ1) is 14.3. The van der Waals surface area contributed by atoms with E-state index in [1.165, 1.54) is 7.11 Å². The zero-order chi connectivity index (χ0) is 22.0. The third-order valence-corrected chi connectivity index (χ3v) is 5.82. The molecule has 1 aromatic carbocycles. The van der Waals surface area contributed by atoms with Crippen LogP contribution >= 0.6 is 11.6 Å². The average Bonchev–Trinajstić information content (AvgIpc) is 2.70. The van der Waals surface area contributed by atoms with E-state index in [9.17, 15) is 14.4 Å². The molecule has 0 fully saturated rings. The molecule has 0 saturated heterocycles. The number of benzene rings is 1. The van der Waals surface area contributed by atoms with Crippen molar-refractivity contribution in [3.05, 3.63) is 57.4 Å². The van der Waals surface area contributed by atoms with Crippen LogP contribution < -0.4 is 5.32 Å². The second kappa shape index (κ2) is 9.04. The van der Waals surface area contributed by atoms with Crippen molar-refractivity contribution in [2.45, 2.75) is 39.5 Å². The summed E-state index contributed by atoms with van der Waals surface area (Å²) in [5.41, 5.74) is 2.82. The Morgan fingerprint density at radius 3 is 2.67 bits per heavy atom. The van der Waals surface area contributed by atoms with E-state index in [2.05, 4.69) is 5.32 Å². The highest BCUT2D eigenvalue weighted by molar-refractivity contribution is 6.30. The van der Waals surface area contributed by atoms with Gasteiger partial charge in [-0.15, -0.1) is 0 Å². The number of carbonyl (C=O) groups is 3. The van der Waals surface area contributed by atoms with Gasteiger partial charge in [0.15, 0.2) is 5.78 Å². The quantitative estimate of drug-likeness (QED) is 0.562. The monoisotopic (exact) mass is 431 g/mol. The van der Waals surface area contributed by atoms with Gasteiger partial charge in [-0.25, -0.2) is 4.79 Å². The van der Waals surface area contributed by atoms with E-state index in [0.29, 0.717) is 40.3 Å². The minimum atomic E-state index is -0.913. The van der Waals surface area contributed by atoms with Crippen LogP contribution in [0, 0.1) is 11.8 Å². The van der Waals surface area contributed by atoms with Crippen LogP contribution in [-0.4, -0.2) is 31.4 Å². The number of ketones is 1. The number of Topliss-reactive ketones (excluding diaryl/α,β-unsaturated/α-hetero) is 1. The molecule has 0 spiro atoms. The summed E-state index contributed by atoms with van der Waals surface area (Å²) in [6, 6.07) is 7.07. The molecule has 1 aliphatic heterocycles. The van der Waals surface area contributed by atoms with Gasteiger partial charge in [0, 0.05) is 27.9 Å². The van der Waals surface area contributed by atoms with E-state index in [4.69, 9.17) is 21.1 Å². The van der Waals surface area contributed by atoms with Crippen LogP contribution in [0.5, 0.6) is 0 Å². The Balaban J connectivity index is 2.16. The summed E-state index contributed by atoms with van der Waals surface area (Å²) in [4.78, 5) is 38.9. The summed E-state index contributed by atoms with van der Waals surface area (Å²) in [5, 5.41) is 3.72. The number of halogens is 1. The van der Waals surface area contributed by atoms with Crippen LogP contribution in [0.1, 0.15) is 45.1 Å². The van der Waals surface area contributed by atoms with Gasteiger partial charge in [-0.3, -0.25) is 9.59 Å². The van der Waals surface area contributed by atoms with Crippen LogP contribution in [0.25, 0.3) is 0 Å². The number of hydrogen-bond donors (Lipinski definition) is 1. The molecule has 1 aromatic rings. The first kappa shape index (κ1) is 22.1. The summed E-state index contributed by atoms with van der Waals surface area (Å²) in [5.74, 6) is -3.19. The second-order valence-electron chi connectivity index (χ2n) is 7.73. The molecule has 1 aliphatic carbocycles.